The van der Waals surface area contributed by atoms with Crippen LogP contribution < -0.4 is 0 Å². The van der Waals surface area contributed by atoms with Crippen molar-refractivity contribution in [2.45, 2.75) is 6.92 Å². The molecular weight excluding hydrogens is 134 g/mol. The van der Waals surface area contributed by atoms with E-state index in [1.807, 2.05) is 19.1 Å². The van der Waals surface area contributed by atoms with Gasteiger partial charge in [0.15, 0.2) is 0 Å². The molecule has 0 saturated heterocycles. The number of hydrogen-bond acceptors (Lipinski definition) is 1. The Balaban J connectivity index is 3.34. The fourth-order valence-electron chi connectivity index (χ4n) is 0.948. The van der Waals surface area contributed by atoms with Crippen molar-refractivity contribution in [3.8, 4) is 6.07 Å². The summed E-state index contributed by atoms with van der Waals surface area (Å²) in [5.74, 6) is 0. The van der Waals surface area contributed by atoms with E-state index in [4.69, 9.17) is 5.26 Å². The molecule has 1 radical (unpaired) electrons. The fourth-order valence-corrected chi connectivity index (χ4v) is 0.948. The Morgan fingerprint density at radius 1 is 1.36 bits per heavy atom. The Labute approximate surface area is 66.6 Å². The molecule has 0 amide bonds. The summed E-state index contributed by atoms with van der Waals surface area (Å²) in [7, 11) is 0. The van der Waals surface area contributed by atoms with Gasteiger partial charge in [-0.3, -0.25) is 0 Å². The number of nitriles is 1. The molecule has 1 rings (SSSR count). The first-order chi connectivity index (χ1) is 5.29. The van der Waals surface area contributed by atoms with Gasteiger partial charge in [-0.15, -0.1) is 0 Å². The number of nitrogens with zero attached hydrogens (tertiary/aromatic N) is 1. The predicted molar refractivity (Wildman–Crippen MR) is 43.9 cm³/mol. The van der Waals surface area contributed by atoms with Gasteiger partial charge in [-0.2, -0.15) is 5.26 Å². The van der Waals surface area contributed by atoms with Gasteiger partial charge in [0.2, 0.25) is 0 Å². The zero-order chi connectivity index (χ0) is 8.27. The van der Waals surface area contributed by atoms with Crippen LogP contribution in [0.25, 0.3) is 0 Å². The molecule has 0 bridgehead atoms. The summed E-state index contributed by atoms with van der Waals surface area (Å²) >= 11 is 0. The number of benzene rings is 1. The van der Waals surface area contributed by atoms with Gasteiger partial charge in [-0.25, -0.2) is 0 Å². The molecular formula is C10H8N. The van der Waals surface area contributed by atoms with Gasteiger partial charge in [-0.1, -0.05) is 18.7 Å². The second kappa shape index (κ2) is 3.03. The topological polar surface area (TPSA) is 23.8 Å². The summed E-state index contributed by atoms with van der Waals surface area (Å²) in [5, 5.41) is 8.64. The highest BCUT2D eigenvalue weighted by Gasteiger charge is 1.98. The van der Waals surface area contributed by atoms with Crippen molar-refractivity contribution in [3.63, 3.8) is 0 Å². The maximum atomic E-state index is 8.64. The molecule has 0 aromatic heterocycles. The van der Waals surface area contributed by atoms with E-state index in [0.717, 1.165) is 11.1 Å². The highest BCUT2D eigenvalue weighted by Crippen LogP contribution is 2.11. The summed E-state index contributed by atoms with van der Waals surface area (Å²) in [6, 6.07) is 7.61. The van der Waals surface area contributed by atoms with Crippen LogP contribution in [0.2, 0.25) is 0 Å². The fraction of sp³-hybridized carbons (Fsp3) is 0.100. The average Bonchev–Trinajstić information content (AvgIpc) is 2.05. The first-order valence-electron chi connectivity index (χ1n) is 3.32. The Hall–Kier alpha value is -1.55. The van der Waals surface area contributed by atoms with Gasteiger partial charge in [0.25, 0.3) is 0 Å². The Kier molecular flexibility index (Phi) is 2.08. The molecule has 0 N–H and O–H groups in total. The lowest BCUT2D eigenvalue weighted by Gasteiger charge is -1.99. The van der Waals surface area contributed by atoms with Crippen molar-refractivity contribution in [3.05, 3.63) is 47.5 Å². The summed E-state index contributed by atoms with van der Waals surface area (Å²) in [4.78, 5) is 0. The quantitative estimate of drug-likeness (QED) is 0.589. The highest BCUT2D eigenvalue weighted by molar-refractivity contribution is 5.43. The maximum Gasteiger partial charge on any atom is 0.0994 e. The van der Waals surface area contributed by atoms with Crippen LogP contribution in [0.5, 0.6) is 0 Å². The molecule has 0 spiro atoms. The summed E-state index contributed by atoms with van der Waals surface area (Å²) in [6.07, 6.45) is 2.77. The lowest BCUT2D eigenvalue weighted by atomic mass is 10.0. The van der Waals surface area contributed by atoms with Crippen LogP contribution in [0.15, 0.2) is 24.8 Å². The standard InChI is InChI=1S/C10H8N/c1-3-9-5-4-6-10(7-11)8(9)2/h4-6H,1H2,2H3. The summed E-state index contributed by atoms with van der Waals surface area (Å²) < 4.78 is 0. The molecule has 1 aromatic carbocycles. The van der Waals surface area contributed by atoms with E-state index >= 15 is 0 Å². The van der Waals surface area contributed by atoms with E-state index in [1.54, 1.807) is 6.07 Å². The van der Waals surface area contributed by atoms with Crippen LogP contribution in [0.4, 0.5) is 0 Å². The van der Waals surface area contributed by atoms with Gasteiger partial charge < -0.3 is 0 Å². The smallest absolute Gasteiger partial charge is 0.0994 e. The molecule has 0 heterocycles. The minimum Gasteiger partial charge on any atom is -0.192 e. The zero-order valence-corrected chi connectivity index (χ0v) is 6.39. The molecule has 0 unspecified atom stereocenters. The molecule has 1 aromatic rings. The van der Waals surface area contributed by atoms with Crippen LogP contribution in [0.1, 0.15) is 16.7 Å². The molecule has 1 nitrogen and oxygen atoms in total. The minimum absolute atomic E-state index is 0.693. The Bertz CT molecular complexity index is 318. The van der Waals surface area contributed by atoms with E-state index < -0.39 is 0 Å². The molecule has 0 atom stereocenters. The van der Waals surface area contributed by atoms with Crippen molar-refractivity contribution in [1.29, 1.82) is 5.26 Å². The first kappa shape index (κ1) is 7.56. The van der Waals surface area contributed by atoms with Crippen molar-refractivity contribution in [2.75, 3.05) is 0 Å². The second-order valence-electron chi connectivity index (χ2n) is 2.27. The Morgan fingerprint density at radius 3 is 2.55 bits per heavy atom. The lowest BCUT2D eigenvalue weighted by Crippen LogP contribution is -1.85. The average molecular weight is 142 g/mol. The summed E-state index contributed by atoms with van der Waals surface area (Å²) in [5.41, 5.74) is 2.55. The van der Waals surface area contributed by atoms with Gasteiger partial charge in [0, 0.05) is 0 Å². The highest BCUT2D eigenvalue weighted by atomic mass is 14.2. The second-order valence-corrected chi connectivity index (χ2v) is 2.27. The van der Waals surface area contributed by atoms with E-state index in [2.05, 4.69) is 18.7 Å². The lowest BCUT2D eigenvalue weighted by molar-refractivity contribution is 1.35. The summed E-state index contributed by atoms with van der Waals surface area (Å²) in [6.45, 7) is 5.43. The normalized spacial score (nSPS) is 8.73. The third-order valence-electron chi connectivity index (χ3n) is 1.64. The molecule has 53 valence electrons. The Morgan fingerprint density at radius 2 is 2.00 bits per heavy atom. The van der Waals surface area contributed by atoms with E-state index in [1.165, 1.54) is 0 Å². The minimum atomic E-state index is 0.693. The van der Waals surface area contributed by atoms with Gasteiger partial charge >= 0.3 is 0 Å². The SMILES string of the molecule is C=[C]c1cccc(C#N)c1C. The molecule has 0 aliphatic heterocycles. The van der Waals surface area contributed by atoms with Gasteiger partial charge in [0.05, 0.1) is 11.6 Å². The van der Waals surface area contributed by atoms with Crippen LogP contribution in [-0.4, -0.2) is 0 Å². The zero-order valence-electron chi connectivity index (χ0n) is 6.39. The predicted octanol–water partition coefficient (Wildman–Crippen LogP) is 2.20. The van der Waals surface area contributed by atoms with Gasteiger partial charge in [-0.05, 0) is 30.2 Å². The molecule has 0 aliphatic rings. The maximum absolute atomic E-state index is 8.64. The molecule has 0 fully saturated rings. The third kappa shape index (κ3) is 1.30. The first-order valence-corrected chi connectivity index (χ1v) is 3.32. The molecule has 1 heteroatoms. The third-order valence-corrected chi connectivity index (χ3v) is 1.64. The van der Waals surface area contributed by atoms with Crippen molar-refractivity contribution < 1.29 is 0 Å². The van der Waals surface area contributed by atoms with Crippen LogP contribution in [0, 0.1) is 24.3 Å². The van der Waals surface area contributed by atoms with Crippen molar-refractivity contribution in [1.82, 2.24) is 0 Å². The van der Waals surface area contributed by atoms with Crippen molar-refractivity contribution >= 4 is 0 Å². The number of hydrogen-bond donors (Lipinski definition) is 0. The van der Waals surface area contributed by atoms with Gasteiger partial charge in [0.1, 0.15) is 0 Å². The largest absolute Gasteiger partial charge is 0.192 e. The number of rotatable bonds is 1. The van der Waals surface area contributed by atoms with Crippen molar-refractivity contribution in [2.24, 2.45) is 0 Å². The van der Waals surface area contributed by atoms with Crippen LogP contribution in [-0.2, 0) is 0 Å². The van der Waals surface area contributed by atoms with E-state index in [-0.39, 0.29) is 0 Å². The monoisotopic (exact) mass is 142 g/mol. The van der Waals surface area contributed by atoms with E-state index in [9.17, 15) is 0 Å². The molecule has 0 aliphatic carbocycles. The van der Waals surface area contributed by atoms with E-state index in [0.29, 0.717) is 5.56 Å². The molecule has 11 heavy (non-hydrogen) atoms. The van der Waals surface area contributed by atoms with Crippen LogP contribution in [0.3, 0.4) is 0 Å². The van der Waals surface area contributed by atoms with Crippen LogP contribution >= 0.6 is 0 Å². The molecule has 0 saturated carbocycles.